The van der Waals surface area contributed by atoms with Crippen LogP contribution in [0, 0.1) is 0 Å². The number of sulfonamides is 1. The van der Waals surface area contributed by atoms with Gasteiger partial charge >= 0.3 is 0 Å². The number of fused-ring (bicyclic) bond motifs is 1. The molecule has 2 rings (SSSR count). The maximum Gasteiger partial charge on any atom is 0.215 e. The first-order valence-corrected chi connectivity index (χ1v) is 11.0. The molecule has 0 spiro atoms. The van der Waals surface area contributed by atoms with E-state index >= 15 is 0 Å². The van der Waals surface area contributed by atoms with Crippen LogP contribution in [0.4, 0.5) is 0 Å². The molecule has 0 bridgehead atoms. The Labute approximate surface area is 162 Å². The molecule has 0 fully saturated rings. The molecule has 6 nitrogen and oxygen atoms in total. The van der Waals surface area contributed by atoms with Gasteiger partial charge in [-0.3, -0.25) is 4.99 Å². The van der Waals surface area contributed by atoms with Crippen LogP contribution in [0.25, 0.3) is 10.8 Å². The maximum atomic E-state index is 12.3. The van der Waals surface area contributed by atoms with Crippen molar-refractivity contribution in [1.82, 2.24) is 14.9 Å². The van der Waals surface area contributed by atoms with Gasteiger partial charge in [0.1, 0.15) is 0 Å². The molecule has 27 heavy (non-hydrogen) atoms. The van der Waals surface area contributed by atoms with Crippen molar-refractivity contribution in [2.75, 3.05) is 32.4 Å². The van der Waals surface area contributed by atoms with E-state index in [-0.39, 0.29) is 11.8 Å². The van der Waals surface area contributed by atoms with Gasteiger partial charge in [0.05, 0.1) is 11.8 Å². The van der Waals surface area contributed by atoms with Crippen molar-refractivity contribution in [2.45, 2.75) is 26.8 Å². The number of hydrogen-bond acceptors (Lipinski definition) is 3. The van der Waals surface area contributed by atoms with E-state index in [1.807, 2.05) is 32.0 Å². The lowest BCUT2D eigenvalue weighted by molar-refractivity contribution is 0.445. The number of benzene rings is 2. The Balaban J connectivity index is 2.00. The Kier molecular flexibility index (Phi) is 7.62. The molecule has 2 aromatic carbocycles. The predicted octanol–water partition coefficient (Wildman–Crippen LogP) is 2.74. The summed E-state index contributed by atoms with van der Waals surface area (Å²) in [6.45, 7) is 7.05. The molecule has 0 heterocycles. The van der Waals surface area contributed by atoms with Crippen molar-refractivity contribution in [2.24, 2.45) is 4.99 Å². The number of guanidine groups is 1. The summed E-state index contributed by atoms with van der Waals surface area (Å²) in [6, 6.07) is 14.5. The van der Waals surface area contributed by atoms with Crippen LogP contribution in [-0.4, -0.2) is 51.1 Å². The summed E-state index contributed by atoms with van der Waals surface area (Å²) >= 11 is 0. The molecule has 1 atom stereocenters. The highest BCUT2D eigenvalue weighted by Crippen LogP contribution is 2.23. The van der Waals surface area contributed by atoms with E-state index in [1.165, 1.54) is 20.6 Å². The van der Waals surface area contributed by atoms with E-state index in [4.69, 9.17) is 0 Å². The molecule has 0 radical (unpaired) electrons. The summed E-state index contributed by atoms with van der Waals surface area (Å²) in [6.07, 6.45) is 0. The van der Waals surface area contributed by atoms with Crippen LogP contribution in [-0.2, 0) is 10.0 Å². The van der Waals surface area contributed by atoms with E-state index in [9.17, 15) is 8.42 Å². The van der Waals surface area contributed by atoms with Crippen LogP contribution < -0.4 is 10.6 Å². The predicted molar refractivity (Wildman–Crippen MR) is 114 cm³/mol. The molecule has 0 saturated carbocycles. The average molecular weight is 391 g/mol. The molecule has 7 heteroatoms. The van der Waals surface area contributed by atoms with Crippen molar-refractivity contribution in [3.63, 3.8) is 0 Å². The Morgan fingerprint density at radius 1 is 1.11 bits per heavy atom. The van der Waals surface area contributed by atoms with E-state index in [2.05, 4.69) is 46.8 Å². The van der Waals surface area contributed by atoms with E-state index < -0.39 is 10.0 Å². The fourth-order valence-corrected chi connectivity index (χ4v) is 4.56. The normalized spacial score (nSPS) is 13.7. The summed E-state index contributed by atoms with van der Waals surface area (Å²) in [4.78, 5) is 4.22. The van der Waals surface area contributed by atoms with Gasteiger partial charge in [0.15, 0.2) is 5.96 Å². The van der Waals surface area contributed by atoms with Crippen LogP contribution in [0.2, 0.25) is 0 Å². The van der Waals surface area contributed by atoms with Gasteiger partial charge in [0.25, 0.3) is 0 Å². The quantitative estimate of drug-likeness (QED) is 0.537. The van der Waals surface area contributed by atoms with Gasteiger partial charge in [0, 0.05) is 26.7 Å². The van der Waals surface area contributed by atoms with Crippen LogP contribution in [0.3, 0.4) is 0 Å². The number of nitrogens with zero attached hydrogens (tertiary/aromatic N) is 2. The fourth-order valence-electron chi connectivity index (χ4n) is 3.15. The second kappa shape index (κ2) is 9.71. The number of rotatable bonds is 8. The molecular formula is C20H30N4O2S. The third kappa shape index (κ3) is 5.43. The third-order valence-electron chi connectivity index (χ3n) is 4.62. The minimum atomic E-state index is -3.25. The maximum absolute atomic E-state index is 12.3. The van der Waals surface area contributed by atoms with Gasteiger partial charge in [0.2, 0.25) is 10.0 Å². The lowest BCUT2D eigenvalue weighted by atomic mass is 10.00. The number of aliphatic imine (C=N–C) groups is 1. The minimum Gasteiger partial charge on any atom is -0.355 e. The summed E-state index contributed by atoms with van der Waals surface area (Å²) in [5, 5.41) is 8.84. The molecule has 0 aliphatic carbocycles. The van der Waals surface area contributed by atoms with Crippen LogP contribution in [0.15, 0.2) is 47.5 Å². The molecule has 0 saturated heterocycles. The number of nitrogens with one attached hydrogen (secondary N) is 2. The monoisotopic (exact) mass is 390 g/mol. The molecule has 1 unspecified atom stereocenters. The second-order valence-corrected chi connectivity index (χ2v) is 8.42. The Morgan fingerprint density at radius 2 is 1.78 bits per heavy atom. The lowest BCUT2D eigenvalue weighted by Crippen LogP contribution is -2.42. The topological polar surface area (TPSA) is 73.8 Å². The largest absolute Gasteiger partial charge is 0.355 e. The molecular weight excluding hydrogens is 360 g/mol. The summed E-state index contributed by atoms with van der Waals surface area (Å²) in [5.41, 5.74) is 1.17. The van der Waals surface area contributed by atoms with Crippen LogP contribution in [0.5, 0.6) is 0 Å². The summed E-state index contributed by atoms with van der Waals surface area (Å²) < 4.78 is 26.0. The zero-order chi connectivity index (χ0) is 19.9. The Bertz CT molecular complexity index is 871. The number of hydrogen-bond donors (Lipinski definition) is 2. The first-order valence-electron chi connectivity index (χ1n) is 9.35. The van der Waals surface area contributed by atoms with Gasteiger partial charge in [-0.05, 0) is 23.3 Å². The van der Waals surface area contributed by atoms with Crippen LogP contribution >= 0.6 is 0 Å². The van der Waals surface area contributed by atoms with Gasteiger partial charge in [-0.15, -0.1) is 0 Å². The smallest absolute Gasteiger partial charge is 0.215 e. The zero-order valence-corrected chi connectivity index (χ0v) is 17.4. The molecule has 148 valence electrons. The van der Waals surface area contributed by atoms with Gasteiger partial charge < -0.3 is 10.6 Å². The molecule has 0 aliphatic rings. The highest BCUT2D eigenvalue weighted by Gasteiger charge is 2.18. The third-order valence-corrected chi connectivity index (χ3v) is 6.64. The van der Waals surface area contributed by atoms with Gasteiger partial charge in [-0.1, -0.05) is 56.3 Å². The van der Waals surface area contributed by atoms with E-state index in [1.54, 1.807) is 7.05 Å². The molecule has 0 aromatic heterocycles. The summed E-state index contributed by atoms with van der Waals surface area (Å²) in [7, 11) is -1.56. The van der Waals surface area contributed by atoms with Crippen molar-refractivity contribution in [3.05, 3.63) is 48.0 Å². The van der Waals surface area contributed by atoms with Crippen molar-refractivity contribution in [1.29, 1.82) is 0 Å². The summed E-state index contributed by atoms with van der Waals surface area (Å²) in [5.74, 6) is 0.628. The molecule has 2 N–H and O–H groups in total. The van der Waals surface area contributed by atoms with Crippen molar-refractivity contribution < 1.29 is 8.42 Å². The fraction of sp³-hybridized carbons (Fsp3) is 0.450. The van der Waals surface area contributed by atoms with E-state index in [0.717, 1.165) is 0 Å². The zero-order valence-electron chi connectivity index (χ0n) is 16.6. The minimum absolute atomic E-state index is 0.0293. The van der Waals surface area contributed by atoms with E-state index in [0.29, 0.717) is 25.6 Å². The Morgan fingerprint density at radius 3 is 2.44 bits per heavy atom. The average Bonchev–Trinajstić information content (AvgIpc) is 2.67. The standard InChI is InChI=1S/C20H30N4O2S/c1-5-24(6-2)27(25,26)15-14-22-20(21-4)23-16(3)18-13-9-11-17-10-7-8-12-19(17)18/h7-13,16H,5-6,14-15H2,1-4H3,(H2,21,22,23). The first kappa shape index (κ1) is 21.2. The SMILES string of the molecule is CCN(CC)S(=O)(=O)CCNC(=NC)NC(C)c1cccc2ccccc12. The van der Waals surface area contributed by atoms with Gasteiger partial charge in [-0.25, -0.2) is 12.7 Å². The first-order chi connectivity index (χ1) is 12.9. The molecule has 0 amide bonds. The highest BCUT2D eigenvalue weighted by atomic mass is 32.2. The lowest BCUT2D eigenvalue weighted by Gasteiger charge is -2.21. The van der Waals surface area contributed by atoms with Crippen molar-refractivity contribution in [3.8, 4) is 0 Å². The highest BCUT2D eigenvalue weighted by molar-refractivity contribution is 7.89. The molecule has 0 aliphatic heterocycles. The second-order valence-electron chi connectivity index (χ2n) is 6.33. The van der Waals surface area contributed by atoms with Crippen molar-refractivity contribution >= 4 is 26.8 Å². The Hall–Kier alpha value is -2.12. The van der Waals surface area contributed by atoms with Crippen LogP contribution in [0.1, 0.15) is 32.4 Å². The van der Waals surface area contributed by atoms with Gasteiger partial charge in [-0.2, -0.15) is 0 Å². The molecule has 2 aromatic rings.